The van der Waals surface area contributed by atoms with Crippen molar-refractivity contribution in [3.63, 3.8) is 0 Å². The van der Waals surface area contributed by atoms with Crippen LogP contribution in [-0.4, -0.2) is 15.7 Å². The van der Waals surface area contributed by atoms with E-state index < -0.39 is 23.8 Å². The summed E-state index contributed by atoms with van der Waals surface area (Å²) in [5.74, 6) is -0.207. The average molecular weight is 295 g/mol. The van der Waals surface area contributed by atoms with Crippen molar-refractivity contribution in [1.82, 2.24) is 9.55 Å². The summed E-state index contributed by atoms with van der Waals surface area (Å²) >= 11 is 5.91. The van der Waals surface area contributed by atoms with Gasteiger partial charge in [0.15, 0.2) is 0 Å². The largest absolute Gasteiger partial charge is 0.390 e. The number of alkyl halides is 4. The van der Waals surface area contributed by atoms with Gasteiger partial charge in [0.1, 0.15) is 11.6 Å². The molecule has 0 fully saturated rings. The van der Waals surface area contributed by atoms with Gasteiger partial charge in [-0.3, -0.25) is 0 Å². The molecule has 0 spiro atoms. The molecule has 1 aromatic heterocycles. The third-order valence-electron chi connectivity index (χ3n) is 2.71. The van der Waals surface area contributed by atoms with Crippen molar-refractivity contribution in [3.05, 3.63) is 29.8 Å². The van der Waals surface area contributed by atoms with Crippen LogP contribution in [-0.2, 0) is 6.54 Å². The number of aromatic nitrogens is 2. The molecule has 19 heavy (non-hydrogen) atoms. The van der Waals surface area contributed by atoms with Gasteiger partial charge < -0.3 is 4.57 Å². The molecule has 1 atom stereocenters. The van der Waals surface area contributed by atoms with Crippen LogP contribution >= 0.6 is 11.6 Å². The SMILES string of the molecule is CC(Cl)c1nc2ccc(F)cc2n1CCC(F)(F)F. The molecule has 2 rings (SSSR count). The average Bonchev–Trinajstić information content (AvgIpc) is 2.63. The Hall–Kier alpha value is -1.30. The van der Waals surface area contributed by atoms with Crippen LogP contribution in [0.2, 0.25) is 0 Å². The van der Waals surface area contributed by atoms with Crippen LogP contribution in [0.25, 0.3) is 11.0 Å². The molecular formula is C12H11ClF4N2. The van der Waals surface area contributed by atoms with E-state index in [2.05, 4.69) is 4.98 Å². The lowest BCUT2D eigenvalue weighted by atomic mass is 10.3. The maximum Gasteiger partial charge on any atom is 0.390 e. The quantitative estimate of drug-likeness (QED) is 0.605. The first-order valence-corrected chi connectivity index (χ1v) is 6.08. The highest BCUT2D eigenvalue weighted by Crippen LogP contribution is 2.28. The molecule has 0 saturated carbocycles. The van der Waals surface area contributed by atoms with Crippen molar-refractivity contribution in [1.29, 1.82) is 0 Å². The molecule has 0 aliphatic heterocycles. The Morgan fingerprint density at radius 2 is 2.05 bits per heavy atom. The van der Waals surface area contributed by atoms with E-state index in [1.165, 1.54) is 22.8 Å². The number of hydrogen-bond acceptors (Lipinski definition) is 1. The molecule has 0 N–H and O–H groups in total. The maximum atomic E-state index is 13.2. The molecular weight excluding hydrogens is 284 g/mol. The number of halogens is 5. The van der Waals surface area contributed by atoms with Crippen LogP contribution in [0.5, 0.6) is 0 Å². The van der Waals surface area contributed by atoms with Gasteiger partial charge in [-0.1, -0.05) is 0 Å². The summed E-state index contributed by atoms with van der Waals surface area (Å²) in [6.45, 7) is 1.29. The lowest BCUT2D eigenvalue weighted by Gasteiger charge is -2.12. The van der Waals surface area contributed by atoms with E-state index in [0.29, 0.717) is 16.9 Å². The minimum atomic E-state index is -4.28. The van der Waals surface area contributed by atoms with E-state index in [9.17, 15) is 17.6 Å². The highest BCUT2D eigenvalue weighted by Gasteiger charge is 2.28. The van der Waals surface area contributed by atoms with Crippen LogP contribution in [0.15, 0.2) is 18.2 Å². The number of imidazole rings is 1. The molecule has 0 aliphatic rings. The highest BCUT2D eigenvalue weighted by molar-refractivity contribution is 6.20. The second kappa shape index (κ2) is 5.00. The fourth-order valence-electron chi connectivity index (χ4n) is 1.89. The Labute approximate surface area is 112 Å². The Balaban J connectivity index is 2.48. The summed E-state index contributed by atoms with van der Waals surface area (Å²) in [6, 6.07) is 3.81. The first-order chi connectivity index (χ1) is 8.78. The molecule has 0 amide bonds. The molecule has 2 nitrogen and oxygen atoms in total. The van der Waals surface area contributed by atoms with Gasteiger partial charge in [-0.05, 0) is 25.1 Å². The van der Waals surface area contributed by atoms with Crippen LogP contribution in [0.4, 0.5) is 17.6 Å². The van der Waals surface area contributed by atoms with Gasteiger partial charge in [0.25, 0.3) is 0 Å². The lowest BCUT2D eigenvalue weighted by molar-refractivity contribution is -0.136. The third-order valence-corrected chi connectivity index (χ3v) is 2.91. The molecule has 0 aliphatic carbocycles. The van der Waals surface area contributed by atoms with Crippen molar-refractivity contribution in [2.75, 3.05) is 0 Å². The fraction of sp³-hybridized carbons (Fsp3) is 0.417. The van der Waals surface area contributed by atoms with Gasteiger partial charge in [-0.2, -0.15) is 13.2 Å². The molecule has 1 unspecified atom stereocenters. The summed E-state index contributed by atoms with van der Waals surface area (Å²) in [4.78, 5) is 4.15. The third kappa shape index (κ3) is 3.18. The highest BCUT2D eigenvalue weighted by atomic mass is 35.5. The predicted octanol–water partition coefficient (Wildman–Crippen LogP) is 4.43. The van der Waals surface area contributed by atoms with E-state index in [4.69, 9.17) is 11.6 Å². The van der Waals surface area contributed by atoms with Gasteiger partial charge in [-0.15, -0.1) is 11.6 Å². The van der Waals surface area contributed by atoms with Gasteiger partial charge in [0.05, 0.1) is 22.8 Å². The normalized spacial score (nSPS) is 14.0. The van der Waals surface area contributed by atoms with E-state index in [0.717, 1.165) is 0 Å². The fourth-order valence-corrected chi connectivity index (χ4v) is 2.06. The standard InChI is InChI=1S/C12H11ClF4N2/c1-7(13)11-18-9-3-2-8(14)6-10(9)19(11)5-4-12(15,16)17/h2-3,6-7H,4-5H2,1H3. The Bertz CT molecular complexity index is 589. The van der Waals surface area contributed by atoms with Crippen molar-refractivity contribution in [2.24, 2.45) is 0 Å². The van der Waals surface area contributed by atoms with Gasteiger partial charge in [-0.25, -0.2) is 9.37 Å². The summed E-state index contributed by atoms with van der Waals surface area (Å²) in [5.41, 5.74) is 0.762. The Morgan fingerprint density at radius 1 is 1.37 bits per heavy atom. The van der Waals surface area contributed by atoms with E-state index in [1.54, 1.807) is 6.92 Å². The number of benzene rings is 1. The van der Waals surface area contributed by atoms with Gasteiger partial charge >= 0.3 is 6.18 Å². The summed E-state index contributed by atoms with van der Waals surface area (Å²) in [5, 5.41) is -0.552. The molecule has 1 heterocycles. The zero-order chi connectivity index (χ0) is 14.2. The smallest absolute Gasteiger partial charge is 0.326 e. The van der Waals surface area contributed by atoms with Crippen molar-refractivity contribution < 1.29 is 17.6 Å². The second-order valence-electron chi connectivity index (χ2n) is 4.24. The van der Waals surface area contributed by atoms with Crippen molar-refractivity contribution in [3.8, 4) is 0 Å². The minimum absolute atomic E-state index is 0.312. The van der Waals surface area contributed by atoms with Crippen LogP contribution in [0, 0.1) is 5.82 Å². The first kappa shape index (κ1) is 14.1. The Morgan fingerprint density at radius 3 is 2.63 bits per heavy atom. The van der Waals surface area contributed by atoms with E-state index in [1.807, 2.05) is 0 Å². The molecule has 1 aromatic carbocycles. The number of aryl methyl sites for hydroxylation is 1. The van der Waals surface area contributed by atoms with Gasteiger partial charge in [0.2, 0.25) is 0 Å². The number of fused-ring (bicyclic) bond motifs is 1. The number of nitrogens with zero attached hydrogens (tertiary/aromatic N) is 2. The predicted molar refractivity (Wildman–Crippen MR) is 64.6 cm³/mol. The zero-order valence-electron chi connectivity index (χ0n) is 10.0. The topological polar surface area (TPSA) is 17.8 Å². The number of hydrogen-bond donors (Lipinski definition) is 0. The molecule has 7 heteroatoms. The monoisotopic (exact) mass is 294 g/mol. The van der Waals surface area contributed by atoms with Gasteiger partial charge in [0, 0.05) is 6.54 Å². The minimum Gasteiger partial charge on any atom is -0.326 e. The summed E-state index contributed by atoms with van der Waals surface area (Å²) < 4.78 is 51.5. The van der Waals surface area contributed by atoms with E-state index >= 15 is 0 Å². The van der Waals surface area contributed by atoms with E-state index in [-0.39, 0.29) is 6.54 Å². The molecule has 0 saturated heterocycles. The van der Waals surface area contributed by atoms with Crippen LogP contribution in [0.1, 0.15) is 24.5 Å². The number of rotatable bonds is 3. The summed E-state index contributed by atoms with van der Waals surface area (Å²) in [7, 11) is 0. The second-order valence-corrected chi connectivity index (χ2v) is 4.89. The molecule has 0 radical (unpaired) electrons. The zero-order valence-corrected chi connectivity index (χ0v) is 10.8. The molecule has 2 aromatic rings. The van der Waals surface area contributed by atoms with Crippen LogP contribution in [0.3, 0.4) is 0 Å². The van der Waals surface area contributed by atoms with Crippen molar-refractivity contribution in [2.45, 2.75) is 31.4 Å². The Kier molecular flexibility index (Phi) is 3.71. The van der Waals surface area contributed by atoms with Crippen molar-refractivity contribution >= 4 is 22.6 Å². The molecule has 104 valence electrons. The maximum absolute atomic E-state index is 13.2. The van der Waals surface area contributed by atoms with Crippen LogP contribution < -0.4 is 0 Å². The summed E-state index contributed by atoms with van der Waals surface area (Å²) in [6.07, 6.45) is -5.29. The molecule has 0 bridgehead atoms. The lowest BCUT2D eigenvalue weighted by Crippen LogP contribution is -2.14. The first-order valence-electron chi connectivity index (χ1n) is 5.64.